The number of aryl methyl sites for hydroxylation is 1. The number of hydrogen-bond acceptors (Lipinski definition) is 5. The van der Waals surface area contributed by atoms with Crippen LogP contribution in [0, 0.1) is 6.92 Å². The van der Waals surface area contributed by atoms with Crippen molar-refractivity contribution in [3.63, 3.8) is 0 Å². The van der Waals surface area contributed by atoms with Gasteiger partial charge in [-0.3, -0.25) is 4.79 Å². The Morgan fingerprint density at radius 1 is 1.11 bits per heavy atom. The maximum atomic E-state index is 12.4. The largest absolute Gasteiger partial charge is 0.317 e. The Morgan fingerprint density at radius 2 is 1.93 bits per heavy atom. The predicted molar refractivity (Wildman–Crippen MR) is 118 cm³/mol. The van der Waals surface area contributed by atoms with Gasteiger partial charge in [-0.1, -0.05) is 29.8 Å². The molecule has 1 N–H and O–H groups in total. The maximum Gasteiger partial charge on any atom is 0.225 e. The summed E-state index contributed by atoms with van der Waals surface area (Å²) in [6.45, 7) is 2.08. The highest BCUT2D eigenvalue weighted by Gasteiger charge is 2.14. The van der Waals surface area contributed by atoms with Gasteiger partial charge in [0.05, 0.1) is 10.2 Å². The average molecular weight is 411 g/mol. The molecule has 0 saturated heterocycles. The third-order valence-electron chi connectivity index (χ3n) is 4.06. The SMILES string of the molecule is Cc1ccc(SCCC(=O)Nc2sccc2-c2nc3ccccc3s2)cc1. The van der Waals surface area contributed by atoms with Gasteiger partial charge >= 0.3 is 0 Å². The number of nitrogens with zero attached hydrogens (tertiary/aromatic N) is 1. The summed E-state index contributed by atoms with van der Waals surface area (Å²) >= 11 is 4.90. The van der Waals surface area contributed by atoms with E-state index in [1.807, 2.05) is 29.6 Å². The van der Waals surface area contributed by atoms with Crippen LogP contribution >= 0.6 is 34.4 Å². The van der Waals surface area contributed by atoms with E-state index in [9.17, 15) is 4.79 Å². The van der Waals surface area contributed by atoms with Gasteiger partial charge in [-0.15, -0.1) is 34.4 Å². The first-order chi connectivity index (χ1) is 13.2. The van der Waals surface area contributed by atoms with E-state index in [-0.39, 0.29) is 5.91 Å². The first-order valence-corrected chi connectivity index (χ1v) is 11.3. The number of carbonyl (C=O) groups is 1. The van der Waals surface area contributed by atoms with Crippen LogP contribution in [0.15, 0.2) is 64.9 Å². The number of rotatable bonds is 6. The summed E-state index contributed by atoms with van der Waals surface area (Å²) in [5, 5.41) is 6.88. The molecule has 6 heteroatoms. The molecule has 0 radical (unpaired) electrons. The Labute approximate surface area is 170 Å². The number of hydrogen-bond donors (Lipinski definition) is 1. The molecular formula is C21H18N2OS3. The van der Waals surface area contributed by atoms with E-state index in [0.717, 1.165) is 31.5 Å². The molecule has 3 nitrogen and oxygen atoms in total. The van der Waals surface area contributed by atoms with Crippen molar-refractivity contribution in [2.75, 3.05) is 11.1 Å². The maximum absolute atomic E-state index is 12.4. The third-order valence-corrected chi connectivity index (χ3v) is 6.97. The van der Waals surface area contributed by atoms with Gasteiger partial charge in [0.15, 0.2) is 0 Å². The number of aromatic nitrogens is 1. The van der Waals surface area contributed by atoms with Gasteiger partial charge in [-0.2, -0.15) is 0 Å². The molecular weight excluding hydrogens is 392 g/mol. The molecule has 0 atom stereocenters. The molecule has 0 aliphatic heterocycles. The molecule has 0 fully saturated rings. The first-order valence-electron chi connectivity index (χ1n) is 8.62. The molecule has 0 spiro atoms. The van der Waals surface area contributed by atoms with Gasteiger partial charge in [0.1, 0.15) is 10.0 Å². The molecule has 4 rings (SSSR count). The Hall–Kier alpha value is -2.15. The van der Waals surface area contributed by atoms with Crippen molar-refractivity contribution >= 4 is 55.6 Å². The van der Waals surface area contributed by atoms with E-state index in [0.29, 0.717) is 6.42 Å². The molecule has 0 aliphatic rings. The third kappa shape index (κ3) is 4.40. The van der Waals surface area contributed by atoms with Crippen LogP contribution in [-0.2, 0) is 4.79 Å². The van der Waals surface area contributed by atoms with Crippen LogP contribution in [0.4, 0.5) is 5.00 Å². The van der Waals surface area contributed by atoms with Crippen LogP contribution in [0.2, 0.25) is 0 Å². The fourth-order valence-electron chi connectivity index (χ4n) is 2.65. The minimum absolute atomic E-state index is 0.0411. The summed E-state index contributed by atoms with van der Waals surface area (Å²) in [5.41, 5.74) is 3.24. The Bertz CT molecular complexity index is 1030. The van der Waals surface area contributed by atoms with Crippen molar-refractivity contribution in [3.8, 4) is 10.6 Å². The number of thiazole rings is 1. The monoisotopic (exact) mass is 410 g/mol. The lowest BCUT2D eigenvalue weighted by Gasteiger charge is -2.05. The normalized spacial score (nSPS) is 11.0. The number of nitrogens with one attached hydrogen (secondary N) is 1. The second-order valence-electron chi connectivity index (χ2n) is 6.11. The zero-order valence-corrected chi connectivity index (χ0v) is 17.2. The van der Waals surface area contributed by atoms with Crippen molar-refractivity contribution in [1.82, 2.24) is 4.98 Å². The van der Waals surface area contributed by atoms with Crippen molar-refractivity contribution in [1.29, 1.82) is 0 Å². The van der Waals surface area contributed by atoms with Gasteiger partial charge in [-0.05, 0) is 42.6 Å². The number of amides is 1. The van der Waals surface area contributed by atoms with Gasteiger partial charge in [0.2, 0.25) is 5.91 Å². The van der Waals surface area contributed by atoms with Crippen LogP contribution < -0.4 is 5.32 Å². The second kappa shape index (κ2) is 8.25. The molecule has 4 aromatic rings. The predicted octanol–water partition coefficient (Wildman–Crippen LogP) is 6.45. The highest BCUT2D eigenvalue weighted by Crippen LogP contribution is 2.37. The van der Waals surface area contributed by atoms with Crippen molar-refractivity contribution in [3.05, 3.63) is 65.5 Å². The van der Waals surface area contributed by atoms with E-state index in [2.05, 4.69) is 42.6 Å². The molecule has 136 valence electrons. The summed E-state index contributed by atoms with van der Waals surface area (Å²) < 4.78 is 1.16. The molecule has 0 saturated carbocycles. The second-order valence-corrected chi connectivity index (χ2v) is 9.22. The number of anilines is 1. The van der Waals surface area contributed by atoms with Crippen molar-refractivity contribution < 1.29 is 4.79 Å². The molecule has 0 aliphatic carbocycles. The molecule has 2 aromatic carbocycles. The van der Waals surface area contributed by atoms with Crippen LogP contribution in [0.3, 0.4) is 0 Å². The zero-order chi connectivity index (χ0) is 18.6. The zero-order valence-electron chi connectivity index (χ0n) is 14.8. The van der Waals surface area contributed by atoms with E-state index in [1.165, 1.54) is 10.5 Å². The molecule has 1 amide bonds. The van der Waals surface area contributed by atoms with Crippen LogP contribution in [0.25, 0.3) is 20.8 Å². The molecule has 2 heterocycles. The summed E-state index contributed by atoms with van der Waals surface area (Å²) in [6, 6.07) is 18.5. The highest BCUT2D eigenvalue weighted by atomic mass is 32.2. The number of benzene rings is 2. The summed E-state index contributed by atoms with van der Waals surface area (Å²) in [7, 11) is 0. The van der Waals surface area contributed by atoms with E-state index >= 15 is 0 Å². The Balaban J connectivity index is 1.39. The van der Waals surface area contributed by atoms with Gasteiger partial charge in [-0.25, -0.2) is 4.98 Å². The fraction of sp³-hybridized carbons (Fsp3) is 0.143. The molecule has 27 heavy (non-hydrogen) atoms. The highest BCUT2D eigenvalue weighted by molar-refractivity contribution is 7.99. The standard InChI is InChI=1S/C21H18N2OS3/c1-14-6-8-15(9-7-14)25-13-11-19(24)23-20-16(10-12-26-20)21-22-17-4-2-3-5-18(17)27-21/h2-10,12H,11,13H2,1H3,(H,23,24). The number of fused-ring (bicyclic) bond motifs is 1. The molecule has 0 unspecified atom stereocenters. The van der Waals surface area contributed by atoms with E-state index < -0.39 is 0 Å². The van der Waals surface area contributed by atoms with Gasteiger partial charge in [0.25, 0.3) is 0 Å². The minimum atomic E-state index is 0.0411. The van der Waals surface area contributed by atoms with Gasteiger partial charge < -0.3 is 5.32 Å². The van der Waals surface area contributed by atoms with Gasteiger partial charge in [0, 0.05) is 22.6 Å². The number of thioether (sulfide) groups is 1. The Morgan fingerprint density at radius 3 is 2.74 bits per heavy atom. The average Bonchev–Trinajstić information content (AvgIpc) is 3.29. The molecule has 0 bridgehead atoms. The van der Waals surface area contributed by atoms with Crippen molar-refractivity contribution in [2.24, 2.45) is 0 Å². The van der Waals surface area contributed by atoms with Crippen LogP contribution in [0.5, 0.6) is 0 Å². The Kier molecular flexibility index (Phi) is 5.57. The van der Waals surface area contributed by atoms with Crippen LogP contribution in [-0.4, -0.2) is 16.6 Å². The lowest BCUT2D eigenvalue weighted by Crippen LogP contribution is -2.11. The quantitative estimate of drug-likeness (QED) is 0.371. The van der Waals surface area contributed by atoms with E-state index in [1.54, 1.807) is 34.4 Å². The minimum Gasteiger partial charge on any atom is -0.317 e. The number of thiophene rings is 1. The summed E-state index contributed by atoms with van der Waals surface area (Å²) in [4.78, 5) is 18.3. The number of carbonyl (C=O) groups excluding carboxylic acids is 1. The summed E-state index contributed by atoms with van der Waals surface area (Å²) in [5.74, 6) is 0.802. The lowest BCUT2D eigenvalue weighted by atomic mass is 10.2. The van der Waals surface area contributed by atoms with Crippen molar-refractivity contribution in [2.45, 2.75) is 18.2 Å². The lowest BCUT2D eigenvalue weighted by molar-refractivity contribution is -0.115. The van der Waals surface area contributed by atoms with Crippen LogP contribution in [0.1, 0.15) is 12.0 Å². The number of para-hydroxylation sites is 1. The summed E-state index contributed by atoms with van der Waals surface area (Å²) in [6.07, 6.45) is 0.482. The molecule has 2 aromatic heterocycles. The topological polar surface area (TPSA) is 42.0 Å². The first kappa shape index (κ1) is 18.2. The fourth-order valence-corrected chi connectivity index (χ4v) is 5.37. The smallest absolute Gasteiger partial charge is 0.225 e. The van der Waals surface area contributed by atoms with E-state index in [4.69, 9.17) is 4.98 Å².